The van der Waals surface area contributed by atoms with Gasteiger partial charge in [-0.15, -0.1) is 0 Å². The summed E-state index contributed by atoms with van der Waals surface area (Å²) in [4.78, 5) is 12.6. The van der Waals surface area contributed by atoms with Crippen LogP contribution in [-0.2, 0) is 0 Å². The molecule has 2 aliphatic rings. The Hall–Kier alpha value is -1.62. The molecule has 1 saturated carbocycles. The minimum Gasteiger partial charge on any atom is -0.465 e. The number of fused-ring (bicyclic) bond motifs is 1. The van der Waals surface area contributed by atoms with E-state index >= 15 is 0 Å². The largest absolute Gasteiger partial charge is 0.465 e. The lowest BCUT2D eigenvalue weighted by molar-refractivity contribution is 0.0590. The summed E-state index contributed by atoms with van der Waals surface area (Å²) in [6.07, 6.45) is 0.159. The molecule has 1 heterocycles. The highest BCUT2D eigenvalue weighted by Gasteiger charge is 2.45. The minimum atomic E-state index is -0.897. The summed E-state index contributed by atoms with van der Waals surface area (Å²) in [6, 6.07) is 6.20. The van der Waals surface area contributed by atoms with Crippen molar-refractivity contribution < 1.29 is 19.4 Å². The molecule has 1 aromatic rings. The SMILES string of the molecule is O=C(O)N1C[C@@H]2CC[C@H](O)[C@@H](c3ccc(F)cc3)[C@@H]2C1. The maximum Gasteiger partial charge on any atom is 0.407 e. The van der Waals surface area contributed by atoms with E-state index in [1.807, 2.05) is 0 Å². The van der Waals surface area contributed by atoms with Gasteiger partial charge in [-0.1, -0.05) is 12.1 Å². The number of aliphatic hydroxyl groups excluding tert-OH is 1. The summed E-state index contributed by atoms with van der Waals surface area (Å²) in [7, 11) is 0. The number of benzene rings is 1. The summed E-state index contributed by atoms with van der Waals surface area (Å²) < 4.78 is 13.0. The summed E-state index contributed by atoms with van der Waals surface area (Å²) in [5, 5.41) is 19.4. The number of carboxylic acid groups (broad SMARTS) is 1. The van der Waals surface area contributed by atoms with E-state index in [1.54, 1.807) is 12.1 Å². The second-order valence-electron chi connectivity index (χ2n) is 5.83. The van der Waals surface area contributed by atoms with Gasteiger partial charge in [-0.05, 0) is 42.4 Å². The number of amides is 1. The van der Waals surface area contributed by atoms with Crippen molar-refractivity contribution in [2.75, 3.05) is 13.1 Å². The van der Waals surface area contributed by atoms with E-state index in [-0.39, 0.29) is 17.7 Å². The Labute approximate surface area is 116 Å². The Morgan fingerprint density at radius 1 is 1.20 bits per heavy atom. The highest BCUT2D eigenvalue weighted by molar-refractivity contribution is 5.65. The van der Waals surface area contributed by atoms with Crippen molar-refractivity contribution in [2.24, 2.45) is 11.8 Å². The molecule has 4 nitrogen and oxygen atoms in total. The van der Waals surface area contributed by atoms with Gasteiger partial charge >= 0.3 is 6.09 Å². The van der Waals surface area contributed by atoms with Crippen molar-refractivity contribution in [1.82, 2.24) is 4.90 Å². The van der Waals surface area contributed by atoms with Crippen LogP contribution in [0.1, 0.15) is 24.3 Å². The molecule has 1 amide bonds. The summed E-state index contributed by atoms with van der Waals surface area (Å²) in [5.41, 5.74) is 0.904. The van der Waals surface area contributed by atoms with E-state index < -0.39 is 12.2 Å². The first-order valence-electron chi connectivity index (χ1n) is 6.97. The Bertz CT molecular complexity index is 504. The van der Waals surface area contributed by atoms with Crippen molar-refractivity contribution >= 4 is 6.09 Å². The lowest BCUT2D eigenvalue weighted by Gasteiger charge is -2.37. The van der Waals surface area contributed by atoms with Crippen LogP contribution in [0.3, 0.4) is 0 Å². The van der Waals surface area contributed by atoms with Crippen LogP contribution in [0.4, 0.5) is 9.18 Å². The van der Waals surface area contributed by atoms with E-state index in [1.165, 1.54) is 17.0 Å². The normalized spacial score (nSPS) is 33.0. The van der Waals surface area contributed by atoms with Gasteiger partial charge in [0.05, 0.1) is 6.10 Å². The van der Waals surface area contributed by atoms with Crippen LogP contribution in [0.2, 0.25) is 0 Å². The van der Waals surface area contributed by atoms with Gasteiger partial charge in [-0.2, -0.15) is 0 Å². The topological polar surface area (TPSA) is 60.8 Å². The average Bonchev–Trinajstić information content (AvgIpc) is 2.84. The number of rotatable bonds is 1. The average molecular weight is 279 g/mol. The van der Waals surface area contributed by atoms with E-state index in [4.69, 9.17) is 5.11 Å². The van der Waals surface area contributed by atoms with Crippen LogP contribution in [0.5, 0.6) is 0 Å². The van der Waals surface area contributed by atoms with Crippen molar-refractivity contribution in [3.8, 4) is 0 Å². The Morgan fingerprint density at radius 2 is 1.90 bits per heavy atom. The number of carbonyl (C=O) groups is 1. The number of hydrogen-bond acceptors (Lipinski definition) is 2. The molecule has 2 fully saturated rings. The Kier molecular flexibility index (Phi) is 3.38. The monoisotopic (exact) mass is 279 g/mol. The highest BCUT2D eigenvalue weighted by Crippen LogP contribution is 2.45. The number of nitrogens with zero attached hydrogens (tertiary/aromatic N) is 1. The van der Waals surface area contributed by atoms with E-state index in [0.717, 1.165) is 12.0 Å². The predicted octanol–water partition coefficient (Wildman–Crippen LogP) is 2.29. The van der Waals surface area contributed by atoms with Gasteiger partial charge in [-0.3, -0.25) is 0 Å². The van der Waals surface area contributed by atoms with Crippen LogP contribution >= 0.6 is 0 Å². The van der Waals surface area contributed by atoms with E-state index in [2.05, 4.69) is 0 Å². The molecule has 1 aliphatic carbocycles. The van der Waals surface area contributed by atoms with Crippen molar-refractivity contribution in [3.63, 3.8) is 0 Å². The van der Waals surface area contributed by atoms with Crippen LogP contribution in [0.25, 0.3) is 0 Å². The van der Waals surface area contributed by atoms with Crippen LogP contribution < -0.4 is 0 Å². The van der Waals surface area contributed by atoms with Gasteiger partial charge in [0.2, 0.25) is 0 Å². The molecule has 4 atom stereocenters. The third-order valence-electron chi connectivity index (χ3n) is 4.73. The fourth-order valence-corrected chi connectivity index (χ4v) is 3.77. The van der Waals surface area contributed by atoms with Gasteiger partial charge in [0.15, 0.2) is 0 Å². The molecule has 0 spiro atoms. The summed E-state index contributed by atoms with van der Waals surface area (Å²) in [5.74, 6) is 0.0257. The Morgan fingerprint density at radius 3 is 2.55 bits per heavy atom. The first kappa shape index (κ1) is 13.4. The molecule has 0 radical (unpaired) electrons. The van der Waals surface area contributed by atoms with Crippen molar-refractivity contribution in [2.45, 2.75) is 24.9 Å². The molecule has 1 aromatic carbocycles. The molecule has 0 unspecified atom stereocenters. The van der Waals surface area contributed by atoms with Gasteiger partial charge in [-0.25, -0.2) is 9.18 Å². The zero-order chi connectivity index (χ0) is 14.3. The first-order chi connectivity index (χ1) is 9.56. The standard InChI is InChI=1S/C15H18FNO3/c16-11-4-1-9(2-5-11)14-12-8-17(15(19)20)7-10(12)3-6-13(14)18/h1-2,4-5,10,12-14,18H,3,6-8H2,(H,19,20)/t10-,12+,13-,14-/m0/s1. The number of aliphatic hydroxyl groups is 1. The quantitative estimate of drug-likeness (QED) is 0.829. The van der Waals surface area contributed by atoms with Crippen LogP contribution in [0, 0.1) is 17.7 Å². The fourth-order valence-electron chi connectivity index (χ4n) is 3.77. The number of likely N-dealkylation sites (tertiary alicyclic amines) is 1. The molecule has 2 N–H and O–H groups in total. The smallest absolute Gasteiger partial charge is 0.407 e. The van der Waals surface area contributed by atoms with Gasteiger partial charge in [0, 0.05) is 19.0 Å². The third-order valence-corrected chi connectivity index (χ3v) is 4.73. The van der Waals surface area contributed by atoms with Gasteiger partial charge in [0.25, 0.3) is 0 Å². The number of halogens is 1. The van der Waals surface area contributed by atoms with Crippen molar-refractivity contribution in [3.05, 3.63) is 35.6 Å². The zero-order valence-electron chi connectivity index (χ0n) is 11.1. The second-order valence-corrected chi connectivity index (χ2v) is 5.83. The predicted molar refractivity (Wildman–Crippen MR) is 71.0 cm³/mol. The Balaban J connectivity index is 1.88. The lowest BCUT2D eigenvalue weighted by Crippen LogP contribution is -2.35. The highest BCUT2D eigenvalue weighted by atomic mass is 19.1. The fraction of sp³-hybridized carbons (Fsp3) is 0.533. The number of hydrogen-bond donors (Lipinski definition) is 2. The molecule has 0 bridgehead atoms. The van der Waals surface area contributed by atoms with E-state index in [0.29, 0.717) is 25.4 Å². The second kappa shape index (κ2) is 5.05. The molecule has 1 saturated heterocycles. The molecule has 0 aromatic heterocycles. The summed E-state index contributed by atoms with van der Waals surface area (Å²) in [6.45, 7) is 1.00. The molecule has 3 rings (SSSR count). The summed E-state index contributed by atoms with van der Waals surface area (Å²) >= 11 is 0. The minimum absolute atomic E-state index is 0.0984. The molecule has 1 aliphatic heterocycles. The first-order valence-corrected chi connectivity index (χ1v) is 6.97. The molecular formula is C15H18FNO3. The van der Waals surface area contributed by atoms with Gasteiger partial charge in [0.1, 0.15) is 5.82 Å². The maximum atomic E-state index is 13.0. The van der Waals surface area contributed by atoms with E-state index in [9.17, 15) is 14.3 Å². The molecule has 108 valence electrons. The molecule has 5 heteroatoms. The van der Waals surface area contributed by atoms with Gasteiger partial charge < -0.3 is 15.1 Å². The maximum absolute atomic E-state index is 13.0. The van der Waals surface area contributed by atoms with Crippen LogP contribution in [0.15, 0.2) is 24.3 Å². The van der Waals surface area contributed by atoms with Crippen molar-refractivity contribution in [1.29, 1.82) is 0 Å². The third kappa shape index (κ3) is 2.26. The van der Waals surface area contributed by atoms with Crippen LogP contribution in [-0.4, -0.2) is 40.4 Å². The molecular weight excluding hydrogens is 261 g/mol. The lowest BCUT2D eigenvalue weighted by atomic mass is 9.69. The molecule has 20 heavy (non-hydrogen) atoms. The zero-order valence-corrected chi connectivity index (χ0v) is 11.1.